The maximum Gasteiger partial charge on any atom is 0.338 e. The van der Waals surface area contributed by atoms with Crippen molar-refractivity contribution >= 4 is 34.6 Å². The molecule has 6 nitrogen and oxygen atoms in total. The van der Waals surface area contributed by atoms with Gasteiger partial charge in [0.2, 0.25) is 5.91 Å². The Morgan fingerprint density at radius 3 is 2.93 bits per heavy atom. The molecule has 0 spiro atoms. The van der Waals surface area contributed by atoms with E-state index in [0.717, 1.165) is 41.3 Å². The van der Waals surface area contributed by atoms with Gasteiger partial charge in [0.15, 0.2) is 0 Å². The number of amides is 1. The van der Waals surface area contributed by atoms with Crippen LogP contribution < -0.4 is 10.2 Å². The van der Waals surface area contributed by atoms with E-state index in [9.17, 15) is 9.59 Å². The molecule has 152 valence electrons. The molecule has 0 saturated carbocycles. The Balaban J connectivity index is 1.27. The quantitative estimate of drug-likeness (QED) is 0.635. The van der Waals surface area contributed by atoms with E-state index in [1.54, 1.807) is 12.1 Å². The average Bonchev–Trinajstić information content (AvgIpc) is 3.42. The number of hydrogen-bond acceptors (Lipinski definition) is 6. The van der Waals surface area contributed by atoms with Gasteiger partial charge in [-0.3, -0.25) is 4.79 Å². The molecule has 1 aromatic heterocycles. The van der Waals surface area contributed by atoms with Crippen LogP contribution in [0.15, 0.2) is 47.8 Å². The van der Waals surface area contributed by atoms with E-state index in [0.29, 0.717) is 11.3 Å². The van der Waals surface area contributed by atoms with E-state index in [4.69, 9.17) is 4.74 Å². The monoisotopic (exact) mass is 419 g/mol. The van der Waals surface area contributed by atoms with Crippen LogP contribution in [0.5, 0.6) is 0 Å². The lowest BCUT2D eigenvalue weighted by Gasteiger charge is -2.33. The van der Waals surface area contributed by atoms with Crippen LogP contribution in [0.25, 0.3) is 10.6 Å². The molecule has 2 aliphatic heterocycles. The summed E-state index contributed by atoms with van der Waals surface area (Å²) in [4.78, 5) is 31.5. The number of anilines is 2. The smallest absolute Gasteiger partial charge is 0.338 e. The molecular formula is C23H21N3O3S. The van der Waals surface area contributed by atoms with Gasteiger partial charge in [-0.2, -0.15) is 0 Å². The molecule has 3 aromatic rings. The molecule has 1 fully saturated rings. The average molecular weight is 420 g/mol. The number of aromatic nitrogens is 1. The second kappa shape index (κ2) is 7.57. The first kappa shape index (κ1) is 18.8. The van der Waals surface area contributed by atoms with E-state index in [-0.39, 0.29) is 18.6 Å². The largest absolute Gasteiger partial charge is 0.456 e. The number of hydrogen-bond donors (Lipinski definition) is 1. The molecule has 0 bridgehead atoms. The molecule has 1 amide bonds. The SMILES string of the molecule is Cc1ccc(-c2nc(COC(=O)c3ccc4c(c3)NC(=O)[C@H]3CCCN43)cs2)cc1. The first-order valence-electron chi connectivity index (χ1n) is 9.98. The van der Waals surface area contributed by atoms with Gasteiger partial charge < -0.3 is 15.0 Å². The third-order valence-corrected chi connectivity index (χ3v) is 6.50. The van der Waals surface area contributed by atoms with E-state index < -0.39 is 5.97 Å². The molecule has 3 heterocycles. The molecule has 2 aromatic carbocycles. The maximum atomic E-state index is 12.6. The van der Waals surface area contributed by atoms with Crippen LogP contribution in [-0.4, -0.2) is 29.4 Å². The van der Waals surface area contributed by atoms with Gasteiger partial charge in [-0.25, -0.2) is 9.78 Å². The highest BCUT2D eigenvalue weighted by Gasteiger charge is 2.36. The van der Waals surface area contributed by atoms with Gasteiger partial charge in [-0.1, -0.05) is 29.8 Å². The van der Waals surface area contributed by atoms with Crippen LogP contribution in [0.3, 0.4) is 0 Å². The van der Waals surface area contributed by atoms with E-state index in [1.165, 1.54) is 16.9 Å². The minimum Gasteiger partial charge on any atom is -0.456 e. The zero-order chi connectivity index (χ0) is 20.7. The molecule has 0 aliphatic carbocycles. The van der Waals surface area contributed by atoms with Gasteiger partial charge in [0, 0.05) is 17.5 Å². The van der Waals surface area contributed by atoms with Crippen LogP contribution in [0, 0.1) is 6.92 Å². The van der Waals surface area contributed by atoms with Crippen LogP contribution >= 0.6 is 11.3 Å². The molecule has 30 heavy (non-hydrogen) atoms. The lowest BCUT2D eigenvalue weighted by atomic mass is 10.1. The van der Waals surface area contributed by atoms with Gasteiger partial charge >= 0.3 is 5.97 Å². The Labute approximate surface area is 178 Å². The Kier molecular flexibility index (Phi) is 4.75. The van der Waals surface area contributed by atoms with Crippen LogP contribution in [-0.2, 0) is 16.1 Å². The van der Waals surface area contributed by atoms with Gasteiger partial charge in [-0.05, 0) is 38.0 Å². The molecule has 0 unspecified atom stereocenters. The van der Waals surface area contributed by atoms with Crippen molar-refractivity contribution in [3.8, 4) is 10.6 Å². The summed E-state index contributed by atoms with van der Waals surface area (Å²) in [5.74, 6) is -0.433. The Morgan fingerprint density at radius 1 is 1.27 bits per heavy atom. The van der Waals surface area contributed by atoms with Gasteiger partial charge in [0.1, 0.15) is 17.7 Å². The summed E-state index contributed by atoms with van der Waals surface area (Å²) in [7, 11) is 0. The number of esters is 1. The molecular weight excluding hydrogens is 398 g/mol. The molecule has 1 N–H and O–H groups in total. The van der Waals surface area contributed by atoms with Crippen molar-refractivity contribution in [2.24, 2.45) is 0 Å². The number of rotatable bonds is 4. The number of fused-ring (bicyclic) bond motifs is 3. The van der Waals surface area contributed by atoms with Crippen molar-refractivity contribution in [3.63, 3.8) is 0 Å². The first-order valence-corrected chi connectivity index (χ1v) is 10.9. The van der Waals surface area contributed by atoms with Crippen molar-refractivity contribution in [2.75, 3.05) is 16.8 Å². The summed E-state index contributed by atoms with van der Waals surface area (Å²) < 4.78 is 5.47. The summed E-state index contributed by atoms with van der Waals surface area (Å²) >= 11 is 1.53. The van der Waals surface area contributed by atoms with Crippen LogP contribution in [0.1, 0.15) is 34.5 Å². The Morgan fingerprint density at radius 2 is 2.10 bits per heavy atom. The highest BCUT2D eigenvalue weighted by Crippen LogP contribution is 2.37. The molecule has 0 radical (unpaired) electrons. The second-order valence-corrected chi connectivity index (χ2v) is 8.52. The number of ether oxygens (including phenoxy) is 1. The highest BCUT2D eigenvalue weighted by atomic mass is 32.1. The predicted molar refractivity (Wildman–Crippen MR) is 117 cm³/mol. The molecule has 1 saturated heterocycles. The number of carbonyl (C=O) groups excluding carboxylic acids is 2. The fourth-order valence-corrected chi connectivity index (χ4v) is 4.79. The predicted octanol–water partition coefficient (Wildman–Crippen LogP) is 4.40. The zero-order valence-electron chi connectivity index (χ0n) is 16.6. The summed E-state index contributed by atoms with van der Waals surface area (Å²) in [6.07, 6.45) is 1.87. The van der Waals surface area contributed by atoms with E-state index >= 15 is 0 Å². The summed E-state index contributed by atoms with van der Waals surface area (Å²) in [5, 5.41) is 5.73. The van der Waals surface area contributed by atoms with Crippen LogP contribution in [0.4, 0.5) is 11.4 Å². The third kappa shape index (κ3) is 3.45. The molecule has 1 atom stereocenters. The van der Waals surface area contributed by atoms with E-state index in [2.05, 4.69) is 27.3 Å². The number of nitrogens with one attached hydrogen (secondary N) is 1. The van der Waals surface area contributed by atoms with Crippen LogP contribution in [0.2, 0.25) is 0 Å². The molecule has 7 heteroatoms. The van der Waals surface area contributed by atoms with Crippen molar-refractivity contribution in [1.82, 2.24) is 4.98 Å². The number of nitrogens with zero attached hydrogens (tertiary/aromatic N) is 2. The summed E-state index contributed by atoms with van der Waals surface area (Å²) in [6.45, 7) is 3.02. The van der Waals surface area contributed by atoms with Gasteiger partial charge in [0.05, 0.1) is 22.6 Å². The number of aryl methyl sites for hydroxylation is 1. The maximum absolute atomic E-state index is 12.6. The van der Waals surface area contributed by atoms with Gasteiger partial charge in [0.25, 0.3) is 0 Å². The van der Waals surface area contributed by atoms with Crippen molar-refractivity contribution in [3.05, 3.63) is 64.7 Å². The lowest BCUT2D eigenvalue weighted by Crippen LogP contribution is -2.43. The second-order valence-electron chi connectivity index (χ2n) is 7.66. The lowest BCUT2D eigenvalue weighted by molar-refractivity contribution is -0.117. The Hall–Kier alpha value is -3.19. The van der Waals surface area contributed by atoms with Gasteiger partial charge in [-0.15, -0.1) is 11.3 Å². The van der Waals surface area contributed by atoms with Crippen molar-refractivity contribution in [2.45, 2.75) is 32.4 Å². The minimum absolute atomic E-state index is 0.00312. The fraction of sp³-hybridized carbons (Fsp3) is 0.261. The minimum atomic E-state index is -0.430. The molecule has 5 rings (SSSR count). The number of benzene rings is 2. The topological polar surface area (TPSA) is 71.5 Å². The van der Waals surface area contributed by atoms with Crippen molar-refractivity contribution < 1.29 is 14.3 Å². The summed E-state index contributed by atoms with van der Waals surface area (Å²) in [5.41, 5.74) is 5.02. The molecule has 2 aliphatic rings. The Bertz CT molecular complexity index is 1120. The third-order valence-electron chi connectivity index (χ3n) is 5.56. The first-order chi connectivity index (χ1) is 14.6. The number of carbonyl (C=O) groups is 2. The highest BCUT2D eigenvalue weighted by molar-refractivity contribution is 7.13. The zero-order valence-corrected chi connectivity index (χ0v) is 17.4. The standard InChI is InChI=1S/C23H21N3O3S/c1-14-4-6-15(7-5-14)22-24-17(13-30-22)12-29-23(28)16-8-9-19-18(11-16)25-21(27)20-3-2-10-26(19)20/h4-9,11,13,20H,2-3,10,12H2,1H3,(H,25,27)/t20-/m1/s1. The summed E-state index contributed by atoms with van der Waals surface area (Å²) in [6, 6.07) is 13.4. The van der Waals surface area contributed by atoms with Crippen molar-refractivity contribution in [1.29, 1.82) is 0 Å². The normalized spacial score (nSPS) is 17.3. The number of thiazole rings is 1. The fourth-order valence-electron chi connectivity index (χ4n) is 3.98. The van der Waals surface area contributed by atoms with E-state index in [1.807, 2.05) is 30.5 Å².